The fraction of sp³-hybridized carbons (Fsp3) is 1.00. The van der Waals surface area contributed by atoms with E-state index in [1.54, 1.807) is 0 Å². The molecule has 2 rings (SSSR count). The van der Waals surface area contributed by atoms with Crippen LogP contribution in [-0.2, 0) is 0 Å². The van der Waals surface area contributed by atoms with Gasteiger partial charge in [0.2, 0.25) is 0 Å². The highest BCUT2D eigenvalue weighted by atomic mass is 35.5. The molecule has 0 amide bonds. The van der Waals surface area contributed by atoms with Gasteiger partial charge in [-0.1, -0.05) is 25.7 Å². The maximum absolute atomic E-state index is 6.58. The molecule has 1 heterocycles. The van der Waals surface area contributed by atoms with E-state index >= 15 is 0 Å². The smallest absolute Gasteiger partial charge is 0.0517 e. The van der Waals surface area contributed by atoms with Crippen molar-refractivity contribution >= 4 is 11.6 Å². The Morgan fingerprint density at radius 3 is 2.29 bits per heavy atom. The summed E-state index contributed by atoms with van der Waals surface area (Å²) in [6.07, 6.45) is 11.0. The third-order valence-electron chi connectivity index (χ3n) is 3.83. The molecule has 1 aliphatic carbocycles. The van der Waals surface area contributed by atoms with E-state index in [0.29, 0.717) is 11.4 Å². The Morgan fingerprint density at radius 1 is 0.929 bits per heavy atom. The van der Waals surface area contributed by atoms with Crippen LogP contribution in [0.15, 0.2) is 0 Å². The summed E-state index contributed by atoms with van der Waals surface area (Å²) >= 11 is 6.58. The van der Waals surface area contributed by atoms with Crippen LogP contribution in [0, 0.1) is 5.92 Å². The van der Waals surface area contributed by atoms with Crippen LogP contribution in [0.1, 0.15) is 51.4 Å². The third-order valence-corrected chi connectivity index (χ3v) is 4.49. The van der Waals surface area contributed by atoms with E-state index in [-0.39, 0.29) is 0 Å². The first-order valence-corrected chi connectivity index (χ1v) is 6.69. The summed E-state index contributed by atoms with van der Waals surface area (Å²) in [5.41, 5.74) is 0. The number of hydrogen-bond donors (Lipinski definition) is 1. The number of rotatable bonds is 2. The molecular formula is C12H22ClN. The predicted octanol–water partition coefficient (Wildman–Crippen LogP) is 3.32. The Morgan fingerprint density at radius 2 is 1.64 bits per heavy atom. The van der Waals surface area contributed by atoms with E-state index < -0.39 is 0 Å². The van der Waals surface area contributed by atoms with Gasteiger partial charge in [0, 0.05) is 6.04 Å². The highest BCUT2D eigenvalue weighted by molar-refractivity contribution is 6.21. The number of halogens is 1. The number of alkyl halides is 1. The van der Waals surface area contributed by atoms with Gasteiger partial charge < -0.3 is 5.32 Å². The molecule has 82 valence electrons. The van der Waals surface area contributed by atoms with Crippen LogP contribution in [0.5, 0.6) is 0 Å². The van der Waals surface area contributed by atoms with Crippen molar-refractivity contribution in [1.82, 2.24) is 5.32 Å². The van der Waals surface area contributed by atoms with Crippen LogP contribution in [0.2, 0.25) is 0 Å². The number of hydrogen-bond acceptors (Lipinski definition) is 1. The van der Waals surface area contributed by atoms with Crippen molar-refractivity contribution in [1.29, 1.82) is 0 Å². The molecule has 2 fully saturated rings. The molecule has 2 aliphatic rings. The van der Waals surface area contributed by atoms with Crippen molar-refractivity contribution < 1.29 is 0 Å². The summed E-state index contributed by atoms with van der Waals surface area (Å²) in [5, 5.41) is 3.98. The molecule has 1 nitrogen and oxygen atoms in total. The summed E-state index contributed by atoms with van der Waals surface area (Å²) in [6, 6.07) is 0.605. The van der Waals surface area contributed by atoms with Gasteiger partial charge in [0.15, 0.2) is 0 Å². The molecule has 2 atom stereocenters. The van der Waals surface area contributed by atoms with Gasteiger partial charge in [0.25, 0.3) is 0 Å². The molecule has 0 unspecified atom stereocenters. The molecule has 1 saturated heterocycles. The molecule has 0 radical (unpaired) electrons. The lowest BCUT2D eigenvalue weighted by Gasteiger charge is -2.34. The van der Waals surface area contributed by atoms with E-state index in [1.807, 2.05) is 0 Å². The fourth-order valence-corrected chi connectivity index (χ4v) is 3.40. The van der Waals surface area contributed by atoms with Gasteiger partial charge in [-0.15, -0.1) is 11.6 Å². The molecule has 1 N–H and O–H groups in total. The van der Waals surface area contributed by atoms with Gasteiger partial charge in [0.1, 0.15) is 0 Å². The topological polar surface area (TPSA) is 12.0 Å². The van der Waals surface area contributed by atoms with Crippen LogP contribution in [0.3, 0.4) is 0 Å². The van der Waals surface area contributed by atoms with Crippen molar-refractivity contribution in [3.05, 3.63) is 0 Å². The Bertz CT molecular complexity index is 142. The average Bonchev–Trinajstić information content (AvgIpc) is 2.30. The normalized spacial score (nSPS) is 32.8. The first kappa shape index (κ1) is 10.8. The Balaban J connectivity index is 1.82. The molecule has 0 bridgehead atoms. The lowest BCUT2D eigenvalue weighted by atomic mass is 9.83. The summed E-state index contributed by atoms with van der Waals surface area (Å²) < 4.78 is 0. The zero-order valence-electron chi connectivity index (χ0n) is 8.97. The van der Waals surface area contributed by atoms with Gasteiger partial charge in [-0.05, 0) is 38.1 Å². The lowest BCUT2D eigenvalue weighted by molar-refractivity contribution is 0.279. The van der Waals surface area contributed by atoms with Crippen molar-refractivity contribution in [3.8, 4) is 0 Å². The Labute approximate surface area is 92.6 Å². The minimum absolute atomic E-state index is 0.399. The van der Waals surface area contributed by atoms with Gasteiger partial charge in [-0.2, -0.15) is 0 Å². The van der Waals surface area contributed by atoms with Crippen LogP contribution >= 0.6 is 11.6 Å². The molecule has 0 spiro atoms. The van der Waals surface area contributed by atoms with E-state index in [2.05, 4.69) is 5.32 Å². The second-order valence-corrected chi connectivity index (χ2v) is 5.40. The minimum Gasteiger partial charge on any atom is -0.313 e. The van der Waals surface area contributed by atoms with E-state index in [1.165, 1.54) is 57.9 Å². The van der Waals surface area contributed by atoms with Crippen LogP contribution < -0.4 is 5.32 Å². The van der Waals surface area contributed by atoms with Crippen LogP contribution in [-0.4, -0.2) is 18.0 Å². The molecule has 2 heteroatoms. The van der Waals surface area contributed by atoms with Gasteiger partial charge in [-0.3, -0.25) is 0 Å². The largest absolute Gasteiger partial charge is 0.313 e. The molecule has 0 aromatic carbocycles. The summed E-state index contributed by atoms with van der Waals surface area (Å²) in [5.74, 6) is 0.793. The number of nitrogens with one attached hydrogen (secondary N) is 1. The average molecular weight is 216 g/mol. The maximum Gasteiger partial charge on any atom is 0.0517 e. The summed E-state index contributed by atoms with van der Waals surface area (Å²) in [4.78, 5) is 0. The monoisotopic (exact) mass is 215 g/mol. The Hall–Kier alpha value is 0.250. The summed E-state index contributed by atoms with van der Waals surface area (Å²) in [7, 11) is 0. The van der Waals surface area contributed by atoms with Gasteiger partial charge >= 0.3 is 0 Å². The van der Waals surface area contributed by atoms with Crippen molar-refractivity contribution in [3.63, 3.8) is 0 Å². The molecule has 0 aromatic rings. The third kappa shape index (κ3) is 2.64. The standard InChI is InChI=1S/C12H22ClN/c13-12(10-6-2-1-3-7-10)11-8-4-5-9-14-11/h10-12,14H,1-9H2/t11-,12-/m0/s1. The van der Waals surface area contributed by atoms with Crippen molar-refractivity contribution in [2.24, 2.45) is 5.92 Å². The molecular weight excluding hydrogens is 194 g/mol. The molecule has 1 aliphatic heterocycles. The lowest BCUT2D eigenvalue weighted by Crippen LogP contribution is -2.44. The second-order valence-electron chi connectivity index (χ2n) is 4.90. The van der Waals surface area contributed by atoms with Crippen molar-refractivity contribution in [2.45, 2.75) is 62.8 Å². The highest BCUT2D eigenvalue weighted by Gasteiger charge is 2.29. The van der Waals surface area contributed by atoms with E-state index in [9.17, 15) is 0 Å². The van der Waals surface area contributed by atoms with Gasteiger partial charge in [-0.25, -0.2) is 0 Å². The van der Waals surface area contributed by atoms with Crippen LogP contribution in [0.25, 0.3) is 0 Å². The SMILES string of the molecule is Cl[C@@H](C1CCCCC1)[C@@H]1CCCCN1. The van der Waals surface area contributed by atoms with Crippen molar-refractivity contribution in [2.75, 3.05) is 6.54 Å². The first-order valence-electron chi connectivity index (χ1n) is 6.25. The Kier molecular flexibility index (Phi) is 4.12. The predicted molar refractivity (Wildman–Crippen MR) is 61.9 cm³/mol. The fourth-order valence-electron chi connectivity index (χ4n) is 2.93. The van der Waals surface area contributed by atoms with E-state index in [0.717, 1.165) is 5.92 Å². The van der Waals surface area contributed by atoms with Crippen LogP contribution in [0.4, 0.5) is 0 Å². The second kappa shape index (κ2) is 5.37. The molecule has 0 aromatic heterocycles. The van der Waals surface area contributed by atoms with Gasteiger partial charge in [0.05, 0.1) is 5.38 Å². The highest BCUT2D eigenvalue weighted by Crippen LogP contribution is 2.32. The zero-order chi connectivity index (χ0) is 9.80. The minimum atomic E-state index is 0.399. The first-order chi connectivity index (χ1) is 6.88. The number of piperidine rings is 1. The summed E-state index contributed by atoms with van der Waals surface area (Å²) in [6.45, 7) is 1.18. The zero-order valence-corrected chi connectivity index (χ0v) is 9.73. The maximum atomic E-state index is 6.58. The quantitative estimate of drug-likeness (QED) is 0.697. The molecule has 1 saturated carbocycles. The van der Waals surface area contributed by atoms with E-state index in [4.69, 9.17) is 11.6 Å². The molecule has 14 heavy (non-hydrogen) atoms.